The van der Waals surface area contributed by atoms with Crippen molar-refractivity contribution in [3.8, 4) is 16.8 Å². The molecule has 11 rings (SSSR count). The van der Waals surface area contributed by atoms with Crippen molar-refractivity contribution in [3.63, 3.8) is 0 Å². The van der Waals surface area contributed by atoms with Gasteiger partial charge in [-0.3, -0.25) is 4.40 Å². The highest BCUT2D eigenvalue weighted by atomic mass is 15.0. The van der Waals surface area contributed by atoms with Gasteiger partial charge in [0.05, 0.1) is 27.6 Å². The molecule has 3 heterocycles. The molecule has 0 saturated heterocycles. The van der Waals surface area contributed by atoms with Crippen LogP contribution in [0.15, 0.2) is 158 Å². The summed E-state index contributed by atoms with van der Waals surface area (Å²) in [5, 5.41) is 8.60. The Hall–Kier alpha value is -6.45. The molecule has 0 spiro atoms. The fourth-order valence-electron chi connectivity index (χ4n) is 9.61. The van der Waals surface area contributed by atoms with E-state index in [-0.39, 0.29) is 5.41 Å². The molecule has 7 aromatic carbocycles. The standard InChI is InChI=1S/C50H37N3/c1-5-35-38-28-40-36-18-9-11-20-45(36)52(48(40)29-43(38)50(3,4)42(35)6-2)34-17-13-16-30(24-34)33-22-23-46-39(26-33)37-25-31-14-7-8-15-32(31)27-41(37)49-51-44-19-10-12-21-47(44)53(46)49/h5,7-29H,1,6H2,2-4H3. The van der Waals surface area contributed by atoms with E-state index in [9.17, 15) is 0 Å². The number of hydrogen-bond acceptors (Lipinski definition) is 1. The highest BCUT2D eigenvalue weighted by Crippen LogP contribution is 2.50. The molecule has 1 aliphatic rings. The van der Waals surface area contributed by atoms with Crippen LogP contribution >= 0.6 is 0 Å². The van der Waals surface area contributed by atoms with Crippen LogP contribution in [0.25, 0.3) is 93.3 Å². The Morgan fingerprint density at radius 3 is 2.13 bits per heavy atom. The summed E-state index contributed by atoms with van der Waals surface area (Å²) in [6, 6.07) is 51.5. The number of aromatic nitrogens is 3. The van der Waals surface area contributed by atoms with Crippen molar-refractivity contribution in [2.45, 2.75) is 32.6 Å². The Labute approximate surface area is 307 Å². The number of rotatable bonds is 4. The molecule has 0 N–H and O–H groups in total. The zero-order valence-electron chi connectivity index (χ0n) is 30.1. The molecule has 0 fully saturated rings. The molecule has 0 bridgehead atoms. The van der Waals surface area contributed by atoms with Crippen molar-refractivity contribution in [2.24, 2.45) is 0 Å². The van der Waals surface area contributed by atoms with Crippen molar-refractivity contribution in [1.29, 1.82) is 0 Å². The van der Waals surface area contributed by atoms with E-state index in [1.807, 2.05) is 0 Å². The average Bonchev–Trinajstić information content (AvgIpc) is 3.81. The lowest BCUT2D eigenvalue weighted by atomic mass is 9.80. The lowest BCUT2D eigenvalue weighted by Crippen LogP contribution is -2.17. The van der Waals surface area contributed by atoms with Crippen molar-refractivity contribution < 1.29 is 0 Å². The molecule has 0 amide bonds. The minimum absolute atomic E-state index is 0.0594. The Balaban J connectivity index is 1.15. The van der Waals surface area contributed by atoms with Gasteiger partial charge < -0.3 is 4.57 Å². The highest BCUT2D eigenvalue weighted by molar-refractivity contribution is 6.18. The molecule has 0 radical (unpaired) electrons. The number of allylic oxidation sites excluding steroid dienone is 3. The van der Waals surface area contributed by atoms with E-state index >= 15 is 0 Å². The SMILES string of the molecule is C=CC1=C(CC)C(C)(C)c2cc3c(cc21)c1ccccc1n3-c1cccc(-c2ccc3c(c2)c2cc4ccccc4cc2c2nc4ccccc4n32)c1. The molecule has 0 aliphatic heterocycles. The maximum atomic E-state index is 5.17. The zero-order chi connectivity index (χ0) is 35.6. The third-order valence-electron chi connectivity index (χ3n) is 12.1. The lowest BCUT2D eigenvalue weighted by Gasteiger charge is -2.24. The van der Waals surface area contributed by atoms with Gasteiger partial charge in [0, 0.05) is 32.6 Å². The van der Waals surface area contributed by atoms with Crippen LogP contribution in [0.5, 0.6) is 0 Å². The van der Waals surface area contributed by atoms with Crippen LogP contribution in [-0.4, -0.2) is 14.0 Å². The maximum absolute atomic E-state index is 5.17. The summed E-state index contributed by atoms with van der Waals surface area (Å²) >= 11 is 0. The predicted molar refractivity (Wildman–Crippen MR) is 225 cm³/mol. The van der Waals surface area contributed by atoms with Gasteiger partial charge in [0.15, 0.2) is 0 Å². The Morgan fingerprint density at radius 1 is 0.604 bits per heavy atom. The second kappa shape index (κ2) is 10.8. The minimum Gasteiger partial charge on any atom is -0.309 e. The fraction of sp³-hybridized carbons (Fsp3) is 0.100. The van der Waals surface area contributed by atoms with E-state index in [1.54, 1.807) is 0 Å². The van der Waals surface area contributed by atoms with Crippen LogP contribution in [0.4, 0.5) is 0 Å². The van der Waals surface area contributed by atoms with E-state index in [4.69, 9.17) is 4.98 Å². The summed E-state index contributed by atoms with van der Waals surface area (Å²) < 4.78 is 4.81. The smallest absolute Gasteiger partial charge is 0.146 e. The van der Waals surface area contributed by atoms with Gasteiger partial charge in [0.1, 0.15) is 5.65 Å². The number of fused-ring (bicyclic) bond motifs is 13. The maximum Gasteiger partial charge on any atom is 0.146 e. The molecule has 3 heteroatoms. The second-order valence-corrected chi connectivity index (χ2v) is 15.1. The summed E-state index contributed by atoms with van der Waals surface area (Å²) in [6.07, 6.45) is 3.08. The van der Waals surface area contributed by atoms with Gasteiger partial charge >= 0.3 is 0 Å². The molecule has 0 unspecified atom stereocenters. The molecule has 0 atom stereocenters. The summed E-state index contributed by atoms with van der Waals surface area (Å²) in [4.78, 5) is 5.17. The lowest BCUT2D eigenvalue weighted by molar-refractivity contribution is 0.618. The Morgan fingerprint density at radius 2 is 1.32 bits per heavy atom. The number of pyridine rings is 1. The summed E-state index contributed by atoms with van der Waals surface area (Å²) in [6.45, 7) is 11.3. The normalized spacial score (nSPS) is 14.2. The molecule has 1 aliphatic carbocycles. The van der Waals surface area contributed by atoms with Gasteiger partial charge in [-0.25, -0.2) is 4.98 Å². The summed E-state index contributed by atoms with van der Waals surface area (Å²) in [5.41, 5.74) is 15.7. The van der Waals surface area contributed by atoms with Crippen molar-refractivity contribution in [2.75, 3.05) is 0 Å². The number of para-hydroxylation sites is 3. The summed E-state index contributed by atoms with van der Waals surface area (Å²) in [5.74, 6) is 0. The van der Waals surface area contributed by atoms with E-state index in [2.05, 4.69) is 182 Å². The fourth-order valence-corrected chi connectivity index (χ4v) is 9.61. The van der Waals surface area contributed by atoms with Crippen LogP contribution < -0.4 is 0 Å². The minimum atomic E-state index is -0.0594. The topological polar surface area (TPSA) is 22.2 Å². The molecule has 3 aromatic heterocycles. The molecule has 252 valence electrons. The molecule has 3 nitrogen and oxygen atoms in total. The third-order valence-corrected chi connectivity index (χ3v) is 12.1. The number of benzene rings is 7. The van der Waals surface area contributed by atoms with Crippen molar-refractivity contribution >= 4 is 76.5 Å². The Bertz CT molecular complexity index is 3260. The van der Waals surface area contributed by atoms with E-state index in [0.717, 1.165) is 34.3 Å². The van der Waals surface area contributed by atoms with Gasteiger partial charge in [-0.2, -0.15) is 0 Å². The van der Waals surface area contributed by atoms with E-state index < -0.39 is 0 Å². The predicted octanol–water partition coefficient (Wildman–Crippen LogP) is 13.4. The Kier molecular flexibility index (Phi) is 6.15. The van der Waals surface area contributed by atoms with Crippen molar-refractivity contribution in [3.05, 3.63) is 169 Å². The number of imidazole rings is 1. The van der Waals surface area contributed by atoms with Crippen molar-refractivity contribution in [1.82, 2.24) is 14.0 Å². The van der Waals surface area contributed by atoms with Gasteiger partial charge in [0.2, 0.25) is 0 Å². The monoisotopic (exact) mass is 679 g/mol. The molecular formula is C50H37N3. The zero-order valence-corrected chi connectivity index (χ0v) is 30.1. The highest BCUT2D eigenvalue weighted by Gasteiger charge is 2.36. The van der Waals surface area contributed by atoms with Crippen LogP contribution in [0.1, 0.15) is 38.3 Å². The second-order valence-electron chi connectivity index (χ2n) is 15.1. The quantitative estimate of drug-likeness (QED) is 0.134. The van der Waals surface area contributed by atoms with Gasteiger partial charge in [0.25, 0.3) is 0 Å². The number of hydrogen-bond donors (Lipinski definition) is 0. The van der Waals surface area contributed by atoms with Crippen LogP contribution in [-0.2, 0) is 5.41 Å². The molecular weight excluding hydrogens is 643 g/mol. The van der Waals surface area contributed by atoms with E-state index in [0.29, 0.717) is 0 Å². The largest absolute Gasteiger partial charge is 0.309 e. The van der Waals surface area contributed by atoms with Gasteiger partial charge in [-0.1, -0.05) is 112 Å². The van der Waals surface area contributed by atoms with E-state index in [1.165, 1.54) is 82.1 Å². The first-order valence-electron chi connectivity index (χ1n) is 18.6. The summed E-state index contributed by atoms with van der Waals surface area (Å²) in [7, 11) is 0. The van der Waals surface area contributed by atoms with Gasteiger partial charge in [-0.15, -0.1) is 0 Å². The number of nitrogens with zero attached hydrogens (tertiary/aromatic N) is 3. The molecule has 53 heavy (non-hydrogen) atoms. The van der Waals surface area contributed by atoms with Crippen LogP contribution in [0.3, 0.4) is 0 Å². The first kappa shape index (κ1) is 30.2. The average molecular weight is 680 g/mol. The molecule has 10 aromatic rings. The first-order chi connectivity index (χ1) is 25.9. The third kappa shape index (κ3) is 4.08. The van der Waals surface area contributed by atoms with Crippen LogP contribution in [0, 0.1) is 0 Å². The van der Waals surface area contributed by atoms with Crippen LogP contribution in [0.2, 0.25) is 0 Å². The molecule has 0 saturated carbocycles. The first-order valence-corrected chi connectivity index (χ1v) is 18.6. The van der Waals surface area contributed by atoms with Gasteiger partial charge in [-0.05, 0) is 117 Å².